The minimum atomic E-state index is -4.68. The molecule has 0 bridgehead atoms. The Labute approximate surface area is 270 Å². The zero-order chi connectivity index (χ0) is 32.5. The molecule has 45 heavy (non-hydrogen) atoms. The molecule has 2 aliphatic rings. The number of amides is 1. The summed E-state index contributed by atoms with van der Waals surface area (Å²) in [7, 11) is 0. The van der Waals surface area contributed by atoms with Gasteiger partial charge in [0.1, 0.15) is 28.9 Å². The first kappa shape index (κ1) is 33.1. The molecule has 3 aromatic rings. The zero-order valence-electron chi connectivity index (χ0n) is 25.9. The van der Waals surface area contributed by atoms with Crippen LogP contribution in [0.1, 0.15) is 58.1 Å². The molecule has 0 saturated carbocycles. The molecule has 2 unspecified atom stereocenters. The largest absolute Gasteiger partial charge is 0.443 e. The van der Waals surface area contributed by atoms with Gasteiger partial charge < -0.3 is 14.6 Å². The van der Waals surface area contributed by atoms with E-state index in [0.717, 1.165) is 44.1 Å². The van der Waals surface area contributed by atoms with Crippen molar-refractivity contribution in [2.75, 3.05) is 31.2 Å². The van der Waals surface area contributed by atoms with Crippen molar-refractivity contribution < 1.29 is 22.7 Å². The van der Waals surface area contributed by atoms with Crippen LogP contribution in [0.5, 0.6) is 0 Å². The van der Waals surface area contributed by atoms with Gasteiger partial charge in [-0.3, -0.25) is 9.21 Å². The molecule has 1 amide bonds. The second-order valence-corrected chi connectivity index (χ2v) is 13.5. The van der Waals surface area contributed by atoms with Crippen LogP contribution in [0.3, 0.4) is 0 Å². The summed E-state index contributed by atoms with van der Waals surface area (Å²) in [5.41, 5.74) is 0.0193. The molecule has 5 rings (SSSR count). The summed E-state index contributed by atoms with van der Waals surface area (Å²) >= 11 is 8.39. The molecule has 0 radical (unpaired) electrons. The van der Waals surface area contributed by atoms with Crippen molar-refractivity contribution >= 4 is 41.3 Å². The minimum absolute atomic E-state index is 0.0263. The maximum atomic E-state index is 14.1. The van der Waals surface area contributed by atoms with Crippen molar-refractivity contribution in [1.82, 2.24) is 28.7 Å². The van der Waals surface area contributed by atoms with Crippen molar-refractivity contribution in [1.29, 1.82) is 0 Å². The minimum Gasteiger partial charge on any atom is -0.443 e. The SMILES string of the molecule is CSN1CCC(Nc2ncc(C(F)(F)F)c(-c3cn(-c4ccc(C5=CCCCN5C(=O)OC(C)(C)C)cc4Cl)cn3)n2)C(C)C1. The van der Waals surface area contributed by atoms with E-state index in [9.17, 15) is 18.0 Å². The number of hydrogen-bond donors (Lipinski definition) is 1. The molecular formula is C31H37ClF3N7O2S. The second kappa shape index (κ2) is 13.2. The lowest BCUT2D eigenvalue weighted by Gasteiger charge is -2.35. The summed E-state index contributed by atoms with van der Waals surface area (Å²) in [6.07, 6.45) is 4.98. The topological polar surface area (TPSA) is 88.4 Å². The van der Waals surface area contributed by atoms with Crippen LogP contribution in [-0.4, -0.2) is 72.4 Å². The van der Waals surface area contributed by atoms with E-state index in [0.29, 0.717) is 23.0 Å². The molecule has 14 heteroatoms. The quantitative estimate of drug-likeness (QED) is 0.268. The highest BCUT2D eigenvalue weighted by atomic mass is 35.5. The molecule has 4 heterocycles. The molecular weight excluding hydrogens is 627 g/mol. The third kappa shape index (κ3) is 7.75. The van der Waals surface area contributed by atoms with Gasteiger partial charge in [0.15, 0.2) is 0 Å². The number of anilines is 1. The number of benzene rings is 1. The maximum Gasteiger partial charge on any atom is 0.420 e. The molecule has 1 fully saturated rings. The van der Waals surface area contributed by atoms with Gasteiger partial charge >= 0.3 is 12.3 Å². The first-order valence-corrected chi connectivity index (χ1v) is 16.3. The van der Waals surface area contributed by atoms with E-state index in [1.165, 1.54) is 12.5 Å². The lowest BCUT2D eigenvalue weighted by molar-refractivity contribution is -0.137. The van der Waals surface area contributed by atoms with E-state index in [1.807, 2.05) is 39.2 Å². The zero-order valence-corrected chi connectivity index (χ0v) is 27.4. The Morgan fingerprint density at radius 3 is 2.62 bits per heavy atom. The van der Waals surface area contributed by atoms with E-state index in [1.54, 1.807) is 33.5 Å². The average molecular weight is 664 g/mol. The molecule has 0 aliphatic carbocycles. The Morgan fingerprint density at radius 1 is 1.18 bits per heavy atom. The predicted octanol–water partition coefficient (Wildman–Crippen LogP) is 7.77. The van der Waals surface area contributed by atoms with Crippen LogP contribution in [0.15, 0.2) is 43.0 Å². The first-order valence-electron chi connectivity index (χ1n) is 14.8. The van der Waals surface area contributed by atoms with Crippen LogP contribution in [0, 0.1) is 5.92 Å². The molecule has 1 aromatic carbocycles. The Kier molecular flexibility index (Phi) is 9.71. The normalized spacial score (nSPS) is 19.8. The number of nitrogens with zero attached hydrogens (tertiary/aromatic N) is 6. The maximum absolute atomic E-state index is 14.1. The number of ether oxygens (including phenoxy) is 1. The van der Waals surface area contributed by atoms with Gasteiger partial charge in [-0.05, 0) is 69.9 Å². The number of alkyl halides is 3. The highest BCUT2D eigenvalue weighted by molar-refractivity contribution is 7.96. The highest BCUT2D eigenvalue weighted by Gasteiger charge is 2.37. The fourth-order valence-electron chi connectivity index (χ4n) is 5.46. The smallest absolute Gasteiger partial charge is 0.420 e. The highest BCUT2D eigenvalue weighted by Crippen LogP contribution is 2.37. The number of nitrogens with one attached hydrogen (secondary N) is 1. The van der Waals surface area contributed by atoms with Crippen LogP contribution in [0.25, 0.3) is 22.8 Å². The van der Waals surface area contributed by atoms with Gasteiger partial charge in [0.05, 0.1) is 16.4 Å². The number of carbonyl (C=O) groups is 1. The molecule has 1 N–H and O–H groups in total. The third-order valence-electron chi connectivity index (χ3n) is 7.71. The standard InChI is InChI=1S/C31H37ClF3N7O2S/c1-19-16-41(45-5)13-11-23(19)38-28-36-15-21(31(33,34)35)27(39-28)24-17-40(18-37-24)26-10-9-20(14-22(26)32)25-8-6-7-12-42(25)29(43)44-30(2,3)4/h8-10,14-15,17-19,23H,6-7,11-13,16H2,1-5H3,(H,36,38,39). The number of carbonyl (C=O) groups excluding carboxylic acids is 1. The van der Waals surface area contributed by atoms with E-state index >= 15 is 0 Å². The lowest BCUT2D eigenvalue weighted by Crippen LogP contribution is -2.42. The number of allylic oxidation sites excluding steroid dienone is 1. The van der Waals surface area contributed by atoms with Gasteiger partial charge in [-0.2, -0.15) is 13.2 Å². The molecule has 2 aromatic heterocycles. The Morgan fingerprint density at radius 2 is 1.96 bits per heavy atom. The summed E-state index contributed by atoms with van der Waals surface area (Å²) in [6, 6.07) is 5.31. The van der Waals surface area contributed by atoms with Crippen LogP contribution >= 0.6 is 23.5 Å². The van der Waals surface area contributed by atoms with Gasteiger partial charge in [-0.1, -0.05) is 42.6 Å². The van der Waals surface area contributed by atoms with Crippen molar-refractivity contribution in [2.45, 2.75) is 64.8 Å². The number of rotatable bonds is 6. The summed E-state index contributed by atoms with van der Waals surface area (Å²) in [5.74, 6) is 0.380. The van der Waals surface area contributed by atoms with Crippen LogP contribution in [0.2, 0.25) is 5.02 Å². The van der Waals surface area contributed by atoms with E-state index in [-0.39, 0.29) is 29.3 Å². The van der Waals surface area contributed by atoms with Crippen LogP contribution < -0.4 is 5.32 Å². The van der Waals surface area contributed by atoms with Crippen molar-refractivity contribution in [3.8, 4) is 17.1 Å². The molecule has 2 atom stereocenters. The Hall–Kier alpha value is -3.29. The molecule has 1 saturated heterocycles. The third-order valence-corrected chi connectivity index (χ3v) is 8.86. The molecule has 0 spiro atoms. The van der Waals surface area contributed by atoms with Crippen LogP contribution in [-0.2, 0) is 10.9 Å². The number of hydrogen-bond acceptors (Lipinski definition) is 8. The van der Waals surface area contributed by atoms with Gasteiger partial charge in [-0.15, -0.1) is 0 Å². The fourth-order valence-corrected chi connectivity index (χ4v) is 6.41. The number of halogens is 4. The summed E-state index contributed by atoms with van der Waals surface area (Å²) < 4.78 is 51.6. The molecule has 2 aliphatic heterocycles. The summed E-state index contributed by atoms with van der Waals surface area (Å²) in [6.45, 7) is 9.77. The van der Waals surface area contributed by atoms with Crippen molar-refractivity contribution in [3.63, 3.8) is 0 Å². The Bertz CT molecular complexity index is 1570. The molecule has 9 nitrogen and oxygen atoms in total. The predicted molar refractivity (Wildman–Crippen MR) is 171 cm³/mol. The monoisotopic (exact) mass is 663 g/mol. The summed E-state index contributed by atoms with van der Waals surface area (Å²) in [4.78, 5) is 27.1. The number of piperidine rings is 1. The van der Waals surface area contributed by atoms with Gasteiger partial charge in [0.25, 0.3) is 0 Å². The van der Waals surface area contributed by atoms with E-state index in [4.69, 9.17) is 16.3 Å². The number of imidazole rings is 1. The van der Waals surface area contributed by atoms with E-state index < -0.39 is 23.4 Å². The van der Waals surface area contributed by atoms with Gasteiger partial charge in [0, 0.05) is 38.1 Å². The van der Waals surface area contributed by atoms with Crippen molar-refractivity contribution in [3.05, 3.63) is 59.1 Å². The Balaban J connectivity index is 1.41. The molecule has 242 valence electrons. The fraction of sp³-hybridized carbons (Fsp3) is 0.484. The average Bonchev–Trinajstić information content (AvgIpc) is 3.46. The first-order chi connectivity index (χ1) is 21.2. The summed E-state index contributed by atoms with van der Waals surface area (Å²) in [5, 5.41) is 3.58. The van der Waals surface area contributed by atoms with Gasteiger partial charge in [0.2, 0.25) is 5.95 Å². The van der Waals surface area contributed by atoms with E-state index in [2.05, 4.69) is 31.5 Å². The van der Waals surface area contributed by atoms with Crippen LogP contribution in [0.4, 0.5) is 23.9 Å². The lowest BCUT2D eigenvalue weighted by atomic mass is 9.95. The van der Waals surface area contributed by atoms with Crippen molar-refractivity contribution in [2.24, 2.45) is 5.92 Å². The second-order valence-electron chi connectivity index (χ2n) is 12.2. The number of aromatic nitrogens is 4. The van der Waals surface area contributed by atoms with Gasteiger partial charge in [-0.25, -0.2) is 19.7 Å².